The van der Waals surface area contributed by atoms with Crippen molar-refractivity contribution in [1.82, 2.24) is 15.3 Å². The monoisotopic (exact) mass is 338 g/mol. The number of rotatable bonds is 5. The van der Waals surface area contributed by atoms with Gasteiger partial charge in [0.25, 0.3) is 11.8 Å². The van der Waals surface area contributed by atoms with E-state index in [9.17, 15) is 9.59 Å². The molecule has 6 nitrogen and oxygen atoms in total. The van der Waals surface area contributed by atoms with Gasteiger partial charge < -0.3 is 5.32 Å². The van der Waals surface area contributed by atoms with Crippen molar-refractivity contribution >= 4 is 28.3 Å². The Hall–Kier alpha value is -3.06. The Labute approximate surface area is 142 Å². The first kappa shape index (κ1) is 15.8. The van der Waals surface area contributed by atoms with Crippen LogP contribution in [0.5, 0.6) is 0 Å². The third-order valence-corrected chi connectivity index (χ3v) is 3.91. The second-order valence-corrected chi connectivity index (χ2v) is 5.72. The first-order chi connectivity index (χ1) is 11.7. The summed E-state index contributed by atoms with van der Waals surface area (Å²) < 4.78 is 0. The minimum atomic E-state index is -0.308. The number of nitrogens with zero attached hydrogens (tertiary/aromatic N) is 2. The minimum absolute atomic E-state index is 0.259. The van der Waals surface area contributed by atoms with Crippen molar-refractivity contribution in [2.45, 2.75) is 6.54 Å². The highest BCUT2D eigenvalue weighted by molar-refractivity contribution is 7.14. The second-order valence-electron chi connectivity index (χ2n) is 4.86. The van der Waals surface area contributed by atoms with Crippen LogP contribution in [0, 0.1) is 0 Å². The highest BCUT2D eigenvalue weighted by Gasteiger charge is 2.13. The van der Waals surface area contributed by atoms with Crippen molar-refractivity contribution in [3.05, 3.63) is 77.1 Å². The number of nitrogens with one attached hydrogen (secondary N) is 2. The second kappa shape index (κ2) is 7.47. The average molecular weight is 338 g/mol. The van der Waals surface area contributed by atoms with E-state index < -0.39 is 0 Å². The molecule has 0 unspecified atom stereocenters. The molecule has 0 aliphatic rings. The summed E-state index contributed by atoms with van der Waals surface area (Å²) in [6, 6.07) is 14.3. The van der Waals surface area contributed by atoms with Gasteiger partial charge in [0.15, 0.2) is 5.13 Å². The number of aromatic nitrogens is 2. The Morgan fingerprint density at radius 1 is 1.00 bits per heavy atom. The van der Waals surface area contributed by atoms with Gasteiger partial charge in [0.05, 0.1) is 12.2 Å². The van der Waals surface area contributed by atoms with E-state index in [1.165, 1.54) is 11.3 Å². The highest BCUT2D eigenvalue weighted by atomic mass is 32.1. The fourth-order valence-electron chi connectivity index (χ4n) is 1.96. The standard InChI is InChI=1S/C17H14N4O2S/c22-15(12-6-2-1-3-7-12)21-17-20-14(11-24-17)16(23)19-10-13-8-4-5-9-18-13/h1-9,11H,10H2,(H,19,23)(H,20,21,22). The molecule has 120 valence electrons. The summed E-state index contributed by atoms with van der Waals surface area (Å²) in [5, 5.41) is 7.41. The summed E-state index contributed by atoms with van der Waals surface area (Å²) in [4.78, 5) is 32.4. The zero-order valence-electron chi connectivity index (χ0n) is 12.6. The maximum absolute atomic E-state index is 12.1. The number of benzene rings is 1. The SMILES string of the molecule is O=C(Nc1nc(C(=O)NCc2ccccn2)cs1)c1ccccc1. The fourth-order valence-corrected chi connectivity index (χ4v) is 2.64. The zero-order chi connectivity index (χ0) is 16.8. The molecule has 0 aliphatic heterocycles. The van der Waals surface area contributed by atoms with Gasteiger partial charge in [-0.3, -0.25) is 19.9 Å². The molecule has 3 rings (SSSR count). The Morgan fingerprint density at radius 2 is 1.79 bits per heavy atom. The van der Waals surface area contributed by atoms with Crippen molar-refractivity contribution in [3.8, 4) is 0 Å². The van der Waals surface area contributed by atoms with Gasteiger partial charge in [0.2, 0.25) is 0 Å². The first-order valence-corrected chi connectivity index (χ1v) is 8.10. The van der Waals surface area contributed by atoms with Crippen LogP contribution in [0.25, 0.3) is 0 Å². The molecule has 24 heavy (non-hydrogen) atoms. The largest absolute Gasteiger partial charge is 0.345 e. The van der Waals surface area contributed by atoms with Gasteiger partial charge in [-0.25, -0.2) is 4.98 Å². The van der Waals surface area contributed by atoms with Crippen LogP contribution in [-0.4, -0.2) is 21.8 Å². The number of anilines is 1. The number of thiazole rings is 1. The number of amides is 2. The number of hydrogen-bond acceptors (Lipinski definition) is 5. The summed E-state index contributed by atoms with van der Waals surface area (Å²) in [7, 11) is 0. The summed E-state index contributed by atoms with van der Waals surface area (Å²) in [5.74, 6) is -0.567. The minimum Gasteiger partial charge on any atom is -0.345 e. The lowest BCUT2D eigenvalue weighted by Crippen LogP contribution is -2.23. The predicted molar refractivity (Wildman–Crippen MR) is 91.9 cm³/mol. The van der Waals surface area contributed by atoms with E-state index in [2.05, 4.69) is 20.6 Å². The molecule has 0 atom stereocenters. The molecule has 0 spiro atoms. The summed E-state index contributed by atoms with van der Waals surface area (Å²) in [5.41, 5.74) is 1.56. The molecule has 0 saturated heterocycles. The topological polar surface area (TPSA) is 84.0 Å². The molecule has 7 heteroatoms. The Morgan fingerprint density at radius 3 is 2.54 bits per heavy atom. The lowest BCUT2D eigenvalue weighted by atomic mass is 10.2. The summed E-state index contributed by atoms with van der Waals surface area (Å²) >= 11 is 1.20. The number of carbonyl (C=O) groups is 2. The van der Waals surface area contributed by atoms with Crippen molar-refractivity contribution in [3.63, 3.8) is 0 Å². The molecule has 2 amide bonds. The first-order valence-electron chi connectivity index (χ1n) is 7.22. The fraction of sp³-hybridized carbons (Fsp3) is 0.0588. The van der Waals surface area contributed by atoms with E-state index in [0.29, 0.717) is 17.2 Å². The maximum atomic E-state index is 12.1. The van der Waals surface area contributed by atoms with Gasteiger partial charge in [-0.1, -0.05) is 24.3 Å². The van der Waals surface area contributed by atoms with Crippen LogP contribution < -0.4 is 10.6 Å². The lowest BCUT2D eigenvalue weighted by molar-refractivity contribution is 0.0944. The third kappa shape index (κ3) is 4.02. The molecule has 3 aromatic rings. The van der Waals surface area contributed by atoms with Gasteiger partial charge in [0, 0.05) is 17.1 Å². The van der Waals surface area contributed by atoms with Gasteiger partial charge in [-0.15, -0.1) is 11.3 Å². The van der Waals surface area contributed by atoms with E-state index in [4.69, 9.17) is 0 Å². The maximum Gasteiger partial charge on any atom is 0.271 e. The summed E-state index contributed by atoms with van der Waals surface area (Å²) in [6.07, 6.45) is 1.67. The number of pyridine rings is 1. The third-order valence-electron chi connectivity index (χ3n) is 3.15. The van der Waals surface area contributed by atoms with Gasteiger partial charge in [-0.2, -0.15) is 0 Å². The van der Waals surface area contributed by atoms with E-state index in [-0.39, 0.29) is 17.5 Å². The Bertz CT molecular complexity index is 834. The van der Waals surface area contributed by atoms with Crippen molar-refractivity contribution < 1.29 is 9.59 Å². The molecule has 2 aromatic heterocycles. The molecule has 2 N–H and O–H groups in total. The number of carbonyl (C=O) groups excluding carboxylic acids is 2. The van der Waals surface area contributed by atoms with Crippen LogP contribution in [0.3, 0.4) is 0 Å². The number of hydrogen-bond donors (Lipinski definition) is 2. The van der Waals surface area contributed by atoms with Gasteiger partial charge in [0.1, 0.15) is 5.69 Å². The lowest BCUT2D eigenvalue weighted by Gasteiger charge is -2.02. The Kier molecular flexibility index (Phi) is 4.93. The molecule has 0 saturated carbocycles. The van der Waals surface area contributed by atoms with E-state index in [1.807, 2.05) is 24.3 Å². The van der Waals surface area contributed by atoms with Gasteiger partial charge in [-0.05, 0) is 24.3 Å². The van der Waals surface area contributed by atoms with Crippen LogP contribution in [0.4, 0.5) is 5.13 Å². The van der Waals surface area contributed by atoms with Crippen molar-refractivity contribution in [1.29, 1.82) is 0 Å². The molecule has 0 aliphatic carbocycles. The van der Waals surface area contributed by atoms with Crippen LogP contribution in [-0.2, 0) is 6.54 Å². The van der Waals surface area contributed by atoms with Crippen LogP contribution in [0.1, 0.15) is 26.5 Å². The molecular formula is C17H14N4O2S. The molecule has 0 radical (unpaired) electrons. The molecular weight excluding hydrogens is 324 g/mol. The van der Waals surface area contributed by atoms with E-state index in [1.54, 1.807) is 35.8 Å². The predicted octanol–water partition coefficient (Wildman–Crippen LogP) is 2.72. The van der Waals surface area contributed by atoms with E-state index in [0.717, 1.165) is 5.69 Å². The quantitative estimate of drug-likeness (QED) is 0.749. The normalized spacial score (nSPS) is 10.2. The summed E-state index contributed by atoms with van der Waals surface area (Å²) in [6.45, 7) is 0.322. The molecule has 1 aromatic carbocycles. The zero-order valence-corrected chi connectivity index (χ0v) is 13.4. The molecule has 0 bridgehead atoms. The van der Waals surface area contributed by atoms with Crippen LogP contribution in [0.15, 0.2) is 60.1 Å². The highest BCUT2D eigenvalue weighted by Crippen LogP contribution is 2.16. The molecule has 0 fully saturated rings. The van der Waals surface area contributed by atoms with E-state index >= 15 is 0 Å². The van der Waals surface area contributed by atoms with Crippen LogP contribution >= 0.6 is 11.3 Å². The van der Waals surface area contributed by atoms with Crippen LogP contribution in [0.2, 0.25) is 0 Å². The smallest absolute Gasteiger partial charge is 0.271 e. The van der Waals surface area contributed by atoms with Crippen molar-refractivity contribution in [2.75, 3.05) is 5.32 Å². The molecule has 2 heterocycles. The van der Waals surface area contributed by atoms with Crippen molar-refractivity contribution in [2.24, 2.45) is 0 Å². The average Bonchev–Trinajstić information content (AvgIpc) is 3.10. The van der Waals surface area contributed by atoms with Gasteiger partial charge >= 0.3 is 0 Å². The Balaban J connectivity index is 1.58.